The molecular weight excluding hydrogens is 528 g/mol. The molecule has 0 atom stereocenters. The molecule has 178 valence electrons. The van der Waals surface area contributed by atoms with E-state index in [9.17, 15) is 4.79 Å². The lowest BCUT2D eigenvalue weighted by atomic mass is 10.2. The Labute approximate surface area is 214 Å². The number of halogens is 1. The van der Waals surface area contributed by atoms with Crippen molar-refractivity contribution in [3.8, 4) is 17.2 Å². The van der Waals surface area contributed by atoms with Gasteiger partial charge in [0, 0.05) is 6.42 Å². The van der Waals surface area contributed by atoms with Crippen molar-refractivity contribution in [2.45, 2.75) is 13.3 Å². The van der Waals surface area contributed by atoms with Crippen molar-refractivity contribution in [3.63, 3.8) is 0 Å². The van der Waals surface area contributed by atoms with Crippen molar-refractivity contribution in [1.29, 1.82) is 0 Å². The number of aryl methyl sites for hydroxylation is 1. The van der Waals surface area contributed by atoms with E-state index in [4.69, 9.17) is 14.2 Å². The van der Waals surface area contributed by atoms with Crippen molar-refractivity contribution < 1.29 is 14.2 Å². The number of hydrogen-bond donors (Lipinski definition) is 0. The average Bonchev–Trinajstić information content (AvgIpc) is 3.36. The number of methoxy groups -OCH3 is 1. The Hall–Kier alpha value is -3.36. The van der Waals surface area contributed by atoms with E-state index in [1.165, 1.54) is 16.9 Å². The highest BCUT2D eigenvalue weighted by molar-refractivity contribution is 9.10. The van der Waals surface area contributed by atoms with Crippen LogP contribution >= 0.6 is 27.3 Å². The van der Waals surface area contributed by atoms with Gasteiger partial charge in [0.05, 0.1) is 40.4 Å². The SMILES string of the molecule is COc1cc(/C=c2\sc3nc4ccccc4n3c2=O)cc(Br)c1OCCCOc1ccc(C)cc1. The second-order valence-electron chi connectivity index (χ2n) is 8.03. The maximum absolute atomic E-state index is 13.1. The molecule has 3 aromatic carbocycles. The molecule has 0 aliphatic carbocycles. The highest BCUT2D eigenvalue weighted by atomic mass is 79.9. The lowest BCUT2D eigenvalue weighted by Crippen LogP contribution is -2.22. The van der Waals surface area contributed by atoms with Gasteiger partial charge in [0.15, 0.2) is 16.5 Å². The van der Waals surface area contributed by atoms with E-state index < -0.39 is 0 Å². The van der Waals surface area contributed by atoms with Gasteiger partial charge in [0.2, 0.25) is 0 Å². The van der Waals surface area contributed by atoms with Gasteiger partial charge in [-0.05, 0) is 70.9 Å². The molecule has 0 fully saturated rings. The number of fused-ring (bicyclic) bond motifs is 3. The van der Waals surface area contributed by atoms with E-state index in [1.807, 2.05) is 73.7 Å². The molecule has 0 amide bonds. The van der Waals surface area contributed by atoms with E-state index in [-0.39, 0.29) is 5.56 Å². The summed E-state index contributed by atoms with van der Waals surface area (Å²) in [6.07, 6.45) is 2.57. The number of hydrogen-bond acceptors (Lipinski definition) is 6. The predicted molar refractivity (Wildman–Crippen MR) is 143 cm³/mol. The molecule has 6 nitrogen and oxygen atoms in total. The molecule has 0 bridgehead atoms. The molecule has 5 rings (SSSR count). The first-order valence-corrected chi connectivity index (χ1v) is 12.8. The molecule has 0 unspecified atom stereocenters. The Morgan fingerprint density at radius 2 is 1.83 bits per heavy atom. The smallest absolute Gasteiger partial charge is 0.274 e. The number of ether oxygens (including phenoxy) is 3. The Kier molecular flexibility index (Phi) is 6.74. The maximum atomic E-state index is 13.1. The third kappa shape index (κ3) is 4.90. The van der Waals surface area contributed by atoms with Crippen LogP contribution in [0.15, 0.2) is 69.9 Å². The molecule has 0 saturated carbocycles. The topological polar surface area (TPSA) is 62.1 Å². The summed E-state index contributed by atoms with van der Waals surface area (Å²) in [6.45, 7) is 3.08. The normalized spacial score (nSPS) is 11.9. The van der Waals surface area contributed by atoms with Crippen LogP contribution in [-0.4, -0.2) is 29.7 Å². The largest absolute Gasteiger partial charge is 0.493 e. The number of aromatic nitrogens is 2. The van der Waals surface area contributed by atoms with Gasteiger partial charge in [-0.1, -0.05) is 41.2 Å². The molecule has 0 N–H and O–H groups in total. The third-order valence-electron chi connectivity index (χ3n) is 5.52. The quantitative estimate of drug-likeness (QED) is 0.242. The zero-order valence-corrected chi connectivity index (χ0v) is 21.7. The molecule has 0 saturated heterocycles. The molecule has 5 aromatic rings. The second kappa shape index (κ2) is 10.1. The van der Waals surface area contributed by atoms with Crippen molar-refractivity contribution >= 4 is 49.3 Å². The minimum atomic E-state index is -0.0808. The number of thiazole rings is 1. The number of rotatable bonds is 8. The summed E-state index contributed by atoms with van der Waals surface area (Å²) in [4.78, 5) is 18.3. The van der Waals surface area contributed by atoms with Gasteiger partial charge < -0.3 is 14.2 Å². The van der Waals surface area contributed by atoms with Gasteiger partial charge >= 0.3 is 0 Å². The van der Waals surface area contributed by atoms with Crippen LogP contribution in [0.1, 0.15) is 17.5 Å². The molecule has 2 aromatic heterocycles. The lowest BCUT2D eigenvalue weighted by molar-refractivity contribution is 0.239. The van der Waals surface area contributed by atoms with Gasteiger partial charge in [-0.25, -0.2) is 9.38 Å². The van der Waals surface area contributed by atoms with Gasteiger partial charge in [0.25, 0.3) is 5.56 Å². The van der Waals surface area contributed by atoms with Crippen molar-refractivity contribution in [2.75, 3.05) is 20.3 Å². The lowest BCUT2D eigenvalue weighted by Gasteiger charge is -2.14. The predicted octanol–water partition coefficient (Wildman–Crippen LogP) is 5.38. The van der Waals surface area contributed by atoms with Crippen LogP contribution in [0.4, 0.5) is 0 Å². The number of benzene rings is 3. The Morgan fingerprint density at radius 3 is 2.63 bits per heavy atom. The van der Waals surface area contributed by atoms with Crippen LogP contribution in [0.3, 0.4) is 0 Å². The van der Waals surface area contributed by atoms with E-state index in [1.54, 1.807) is 11.5 Å². The first kappa shape index (κ1) is 23.4. The molecule has 0 aliphatic rings. The molecule has 2 heterocycles. The van der Waals surface area contributed by atoms with Gasteiger partial charge in [-0.3, -0.25) is 4.79 Å². The fourth-order valence-electron chi connectivity index (χ4n) is 3.78. The molecule has 0 aliphatic heterocycles. The summed E-state index contributed by atoms with van der Waals surface area (Å²) in [5.74, 6) is 2.06. The molecule has 35 heavy (non-hydrogen) atoms. The number of imidazole rings is 1. The Balaban J connectivity index is 1.32. The minimum Gasteiger partial charge on any atom is -0.493 e. The number of nitrogens with zero attached hydrogens (tertiary/aromatic N) is 2. The summed E-state index contributed by atoms with van der Waals surface area (Å²) in [6, 6.07) is 19.4. The second-order valence-corrected chi connectivity index (χ2v) is 9.90. The fourth-order valence-corrected chi connectivity index (χ4v) is 5.35. The molecular formula is C27H23BrN2O4S. The van der Waals surface area contributed by atoms with Crippen LogP contribution in [-0.2, 0) is 0 Å². The molecule has 8 heteroatoms. The fraction of sp³-hybridized carbons (Fsp3) is 0.185. The van der Waals surface area contributed by atoms with Crippen molar-refractivity contribution in [2.24, 2.45) is 0 Å². The Bertz CT molecular complexity index is 1610. The highest BCUT2D eigenvalue weighted by Crippen LogP contribution is 2.37. The molecule has 0 radical (unpaired) electrons. The highest BCUT2D eigenvalue weighted by Gasteiger charge is 2.13. The van der Waals surface area contributed by atoms with Crippen LogP contribution in [0, 0.1) is 6.92 Å². The first-order chi connectivity index (χ1) is 17.0. The van der Waals surface area contributed by atoms with Gasteiger partial charge in [-0.2, -0.15) is 0 Å². The molecule has 0 spiro atoms. The summed E-state index contributed by atoms with van der Waals surface area (Å²) in [5, 5.41) is 0. The van der Waals surface area contributed by atoms with Crippen molar-refractivity contribution in [3.05, 3.63) is 91.1 Å². The summed E-state index contributed by atoms with van der Waals surface area (Å²) >= 11 is 4.96. The summed E-state index contributed by atoms with van der Waals surface area (Å²) in [5.41, 5.74) is 3.58. The number of para-hydroxylation sites is 2. The minimum absolute atomic E-state index is 0.0808. The van der Waals surface area contributed by atoms with Gasteiger partial charge in [0.1, 0.15) is 5.75 Å². The van der Waals surface area contributed by atoms with Gasteiger partial charge in [-0.15, -0.1) is 0 Å². The standard InChI is InChI=1S/C27H23BrN2O4S/c1-17-8-10-19(11-9-17)33-12-5-13-34-25-20(28)14-18(15-23(25)32-2)16-24-26(31)30-22-7-4-3-6-21(22)29-27(30)35-24/h3-4,6-11,14-16H,5,12-13H2,1-2H3/b24-16-. The maximum Gasteiger partial charge on any atom is 0.274 e. The summed E-state index contributed by atoms with van der Waals surface area (Å²) < 4.78 is 20.3. The third-order valence-corrected chi connectivity index (χ3v) is 7.08. The van der Waals surface area contributed by atoms with Crippen LogP contribution in [0.25, 0.3) is 22.1 Å². The zero-order valence-electron chi connectivity index (χ0n) is 19.3. The Morgan fingerprint density at radius 1 is 1.06 bits per heavy atom. The monoisotopic (exact) mass is 550 g/mol. The van der Waals surface area contributed by atoms with E-state index in [0.29, 0.717) is 34.2 Å². The van der Waals surface area contributed by atoms with Crippen molar-refractivity contribution in [1.82, 2.24) is 9.38 Å². The first-order valence-electron chi connectivity index (χ1n) is 11.1. The average molecular weight is 551 g/mol. The zero-order chi connectivity index (χ0) is 24.4. The summed E-state index contributed by atoms with van der Waals surface area (Å²) in [7, 11) is 1.60. The van der Waals surface area contributed by atoms with Crippen LogP contribution in [0.5, 0.6) is 17.2 Å². The van der Waals surface area contributed by atoms with E-state index in [0.717, 1.165) is 33.2 Å². The van der Waals surface area contributed by atoms with E-state index >= 15 is 0 Å². The van der Waals surface area contributed by atoms with Crippen LogP contribution in [0.2, 0.25) is 0 Å². The van der Waals surface area contributed by atoms with Crippen LogP contribution < -0.4 is 24.3 Å². The van der Waals surface area contributed by atoms with E-state index in [2.05, 4.69) is 20.9 Å².